The van der Waals surface area contributed by atoms with Gasteiger partial charge in [-0.25, -0.2) is 4.72 Å². The Balaban J connectivity index is 1.79. The summed E-state index contributed by atoms with van der Waals surface area (Å²) in [5.41, 5.74) is 6.16. The Morgan fingerprint density at radius 3 is 2.79 bits per heavy atom. The average molecular weight is 216 g/mol. The number of hydrogen-bond donors (Lipinski definition) is 2. The van der Waals surface area contributed by atoms with Crippen LogP contribution in [-0.2, 0) is 4.74 Å². The number of ether oxygens (including phenoxy) is 1. The fourth-order valence-corrected chi connectivity index (χ4v) is 2.94. The summed E-state index contributed by atoms with van der Waals surface area (Å²) >= 11 is 1.80. The lowest BCUT2D eigenvalue weighted by Crippen LogP contribution is -2.47. The maximum absolute atomic E-state index is 6.26. The van der Waals surface area contributed by atoms with E-state index in [-0.39, 0.29) is 11.8 Å². The van der Waals surface area contributed by atoms with Crippen molar-refractivity contribution in [1.82, 2.24) is 4.72 Å². The van der Waals surface area contributed by atoms with Gasteiger partial charge in [0.2, 0.25) is 0 Å². The van der Waals surface area contributed by atoms with E-state index in [2.05, 4.69) is 11.6 Å². The van der Waals surface area contributed by atoms with E-state index in [9.17, 15) is 0 Å². The van der Waals surface area contributed by atoms with Gasteiger partial charge in [0.05, 0.1) is 5.54 Å². The molecule has 3 N–H and O–H groups in total. The van der Waals surface area contributed by atoms with Crippen LogP contribution in [-0.4, -0.2) is 24.1 Å². The van der Waals surface area contributed by atoms with Gasteiger partial charge < -0.3 is 10.5 Å². The maximum atomic E-state index is 6.26. The van der Waals surface area contributed by atoms with E-state index in [0.29, 0.717) is 5.92 Å². The molecule has 2 fully saturated rings. The smallest absolute Gasteiger partial charge is 0.134 e. The number of nitrogens with one attached hydrogen (secondary N) is 1. The minimum atomic E-state index is -0.106. The normalized spacial score (nSPS) is 38.4. The zero-order valence-electron chi connectivity index (χ0n) is 8.95. The summed E-state index contributed by atoms with van der Waals surface area (Å²) in [6.45, 7) is 2.19. The van der Waals surface area contributed by atoms with Gasteiger partial charge >= 0.3 is 0 Å². The third-order valence-electron chi connectivity index (χ3n) is 3.28. The van der Waals surface area contributed by atoms with Crippen LogP contribution in [0, 0.1) is 5.92 Å². The lowest BCUT2D eigenvalue weighted by atomic mass is 10.1. The van der Waals surface area contributed by atoms with Gasteiger partial charge in [0.25, 0.3) is 0 Å². The first-order valence-corrected chi connectivity index (χ1v) is 6.31. The molecule has 2 saturated carbocycles. The minimum absolute atomic E-state index is 0.0260. The van der Waals surface area contributed by atoms with Gasteiger partial charge in [-0.3, -0.25) is 0 Å². The summed E-state index contributed by atoms with van der Waals surface area (Å²) in [5.74, 6) is 0.639. The molecule has 0 aromatic carbocycles. The topological polar surface area (TPSA) is 47.3 Å². The van der Waals surface area contributed by atoms with E-state index in [4.69, 9.17) is 10.5 Å². The molecular formula is C10H20N2OS. The summed E-state index contributed by atoms with van der Waals surface area (Å²) in [5, 5.41) is 0.801. The maximum Gasteiger partial charge on any atom is 0.134 e. The van der Waals surface area contributed by atoms with Crippen molar-refractivity contribution in [2.75, 3.05) is 7.11 Å². The molecule has 0 radical (unpaired) electrons. The Labute approximate surface area is 90.3 Å². The molecule has 0 spiro atoms. The Morgan fingerprint density at radius 2 is 2.36 bits per heavy atom. The van der Waals surface area contributed by atoms with Crippen molar-refractivity contribution in [3.8, 4) is 0 Å². The number of methoxy groups -OCH3 is 1. The number of rotatable bonds is 6. The lowest BCUT2D eigenvalue weighted by molar-refractivity contribution is 0.0602. The molecular weight excluding hydrogens is 196 g/mol. The van der Waals surface area contributed by atoms with Crippen LogP contribution in [0.2, 0.25) is 0 Å². The minimum Gasteiger partial charge on any atom is -0.364 e. The molecule has 3 atom stereocenters. The Morgan fingerprint density at radius 1 is 1.64 bits per heavy atom. The van der Waals surface area contributed by atoms with Crippen molar-refractivity contribution >= 4 is 11.9 Å². The van der Waals surface area contributed by atoms with Crippen LogP contribution < -0.4 is 10.5 Å². The third-order valence-corrected chi connectivity index (χ3v) is 4.44. The summed E-state index contributed by atoms with van der Waals surface area (Å²) in [7, 11) is 1.74. The van der Waals surface area contributed by atoms with Crippen molar-refractivity contribution in [3.63, 3.8) is 0 Å². The van der Waals surface area contributed by atoms with E-state index >= 15 is 0 Å². The first-order valence-electron chi connectivity index (χ1n) is 5.43. The molecule has 3 nitrogen and oxygen atoms in total. The monoisotopic (exact) mass is 216 g/mol. The Hall–Kier alpha value is 0.230. The molecule has 4 heteroatoms. The molecule has 2 rings (SSSR count). The Kier molecular flexibility index (Phi) is 3.07. The second-order valence-corrected chi connectivity index (χ2v) is 5.61. The first kappa shape index (κ1) is 10.7. The van der Waals surface area contributed by atoms with Crippen molar-refractivity contribution in [3.05, 3.63) is 0 Å². The molecule has 3 unspecified atom stereocenters. The quantitative estimate of drug-likeness (QED) is 0.521. The lowest BCUT2D eigenvalue weighted by Gasteiger charge is -2.24. The zero-order chi connectivity index (χ0) is 10.2. The second-order valence-electron chi connectivity index (χ2n) is 4.47. The number of nitrogens with two attached hydrogens (primary N) is 1. The van der Waals surface area contributed by atoms with Crippen molar-refractivity contribution in [1.29, 1.82) is 0 Å². The predicted octanol–water partition coefficient (Wildman–Crippen LogP) is 1.49. The molecule has 0 amide bonds. The van der Waals surface area contributed by atoms with Gasteiger partial charge in [-0.05, 0) is 25.2 Å². The third kappa shape index (κ3) is 2.08. The standard InChI is InChI=1S/C10H20N2OS/c1-3-7-6-10(7,11)9(13-2)12-14-8-4-5-8/h7-9,12H,3-6,11H2,1-2H3. The second kappa shape index (κ2) is 4.00. The summed E-state index contributed by atoms with van der Waals surface area (Å²) < 4.78 is 8.80. The molecule has 82 valence electrons. The molecule has 0 heterocycles. The van der Waals surface area contributed by atoms with Crippen molar-refractivity contribution in [2.24, 2.45) is 11.7 Å². The summed E-state index contributed by atoms with van der Waals surface area (Å²) in [6.07, 6.45) is 4.95. The van der Waals surface area contributed by atoms with Crippen molar-refractivity contribution < 1.29 is 4.74 Å². The van der Waals surface area contributed by atoms with Gasteiger partial charge in [-0.1, -0.05) is 25.3 Å². The van der Waals surface area contributed by atoms with Gasteiger partial charge in [0.1, 0.15) is 6.23 Å². The summed E-state index contributed by atoms with van der Waals surface area (Å²) in [4.78, 5) is 0. The molecule has 2 aliphatic rings. The average Bonchev–Trinajstić information content (AvgIpc) is 3.04. The van der Waals surface area contributed by atoms with E-state index in [1.54, 1.807) is 19.1 Å². The molecule has 0 aromatic rings. The van der Waals surface area contributed by atoms with Gasteiger partial charge in [-0.2, -0.15) is 0 Å². The molecule has 0 aromatic heterocycles. The van der Waals surface area contributed by atoms with Crippen LogP contribution >= 0.6 is 11.9 Å². The fraction of sp³-hybridized carbons (Fsp3) is 1.00. The molecule has 0 saturated heterocycles. The molecule has 2 aliphatic carbocycles. The highest BCUT2D eigenvalue weighted by Crippen LogP contribution is 2.47. The van der Waals surface area contributed by atoms with Gasteiger partial charge in [0, 0.05) is 12.4 Å². The van der Waals surface area contributed by atoms with E-state index < -0.39 is 0 Å². The van der Waals surface area contributed by atoms with Crippen molar-refractivity contribution in [2.45, 2.75) is 49.6 Å². The first-order chi connectivity index (χ1) is 6.70. The van der Waals surface area contributed by atoms with Crippen LogP contribution in [0.1, 0.15) is 32.6 Å². The fourth-order valence-electron chi connectivity index (χ4n) is 1.93. The van der Waals surface area contributed by atoms with Gasteiger partial charge in [0.15, 0.2) is 0 Å². The van der Waals surface area contributed by atoms with Crippen LogP contribution in [0.5, 0.6) is 0 Å². The summed E-state index contributed by atoms with van der Waals surface area (Å²) in [6, 6.07) is 0. The van der Waals surface area contributed by atoms with Gasteiger partial charge in [-0.15, -0.1) is 0 Å². The molecule has 0 aliphatic heterocycles. The highest BCUT2D eigenvalue weighted by atomic mass is 32.2. The molecule has 14 heavy (non-hydrogen) atoms. The zero-order valence-corrected chi connectivity index (χ0v) is 9.77. The van der Waals surface area contributed by atoms with Crippen LogP contribution in [0.4, 0.5) is 0 Å². The largest absolute Gasteiger partial charge is 0.364 e. The van der Waals surface area contributed by atoms with Crippen LogP contribution in [0.15, 0.2) is 0 Å². The Bertz CT molecular complexity index is 210. The highest BCUT2D eigenvalue weighted by molar-refractivity contribution is 7.98. The van der Waals surface area contributed by atoms with E-state index in [0.717, 1.165) is 18.1 Å². The SMILES string of the molecule is CCC1CC1(N)C(NSC1CC1)OC. The highest BCUT2D eigenvalue weighted by Gasteiger charge is 2.55. The predicted molar refractivity (Wildman–Crippen MR) is 59.9 cm³/mol. The van der Waals surface area contributed by atoms with Crippen LogP contribution in [0.25, 0.3) is 0 Å². The van der Waals surface area contributed by atoms with E-state index in [1.807, 2.05) is 0 Å². The van der Waals surface area contributed by atoms with Crippen LogP contribution in [0.3, 0.4) is 0 Å². The van der Waals surface area contributed by atoms with E-state index in [1.165, 1.54) is 12.8 Å². The molecule has 0 bridgehead atoms. The number of hydrogen-bond acceptors (Lipinski definition) is 4.